The second-order valence-corrected chi connectivity index (χ2v) is 9.37. The summed E-state index contributed by atoms with van der Waals surface area (Å²) >= 11 is 9.57. The molecule has 7 heteroatoms. The molecule has 5 nitrogen and oxygen atoms in total. The monoisotopic (exact) mass is 512 g/mol. The molecule has 1 fully saturated rings. The van der Waals surface area contributed by atoms with Gasteiger partial charge in [0, 0.05) is 53.4 Å². The molecule has 3 aromatic rings. The minimum Gasteiger partial charge on any atom is -0.354 e. The highest BCUT2D eigenvalue weighted by atomic mass is 79.9. The van der Waals surface area contributed by atoms with E-state index >= 15 is 0 Å². The molecule has 0 spiro atoms. The zero-order valence-electron chi connectivity index (χ0n) is 18.3. The van der Waals surface area contributed by atoms with Crippen molar-refractivity contribution in [2.24, 2.45) is 0 Å². The van der Waals surface area contributed by atoms with Crippen LogP contribution in [0.2, 0.25) is 5.02 Å². The van der Waals surface area contributed by atoms with Gasteiger partial charge in [0.2, 0.25) is 0 Å². The molecular formula is C25H26BrClN4O. The Bertz CT molecular complexity index is 1120. The highest BCUT2D eigenvalue weighted by Crippen LogP contribution is 2.26. The van der Waals surface area contributed by atoms with Crippen molar-refractivity contribution < 1.29 is 4.79 Å². The number of anilines is 1. The van der Waals surface area contributed by atoms with Crippen LogP contribution in [-0.2, 0) is 6.42 Å². The van der Waals surface area contributed by atoms with Crippen LogP contribution < -0.4 is 4.90 Å². The van der Waals surface area contributed by atoms with Crippen LogP contribution in [0.5, 0.6) is 0 Å². The maximum Gasteiger partial charge on any atom is 0.255 e. The summed E-state index contributed by atoms with van der Waals surface area (Å²) in [5.41, 5.74) is 4.00. The maximum absolute atomic E-state index is 13.1. The molecule has 32 heavy (non-hydrogen) atoms. The van der Waals surface area contributed by atoms with Crippen LogP contribution in [0.1, 0.15) is 39.4 Å². The Kier molecular flexibility index (Phi) is 7.11. The SMILES string of the molecule is Cc1nc(C)c(Cc2ccc(Cl)cc2)c(N2CCCN(C(=O)c3ccccc3Br)CC2)n1. The Morgan fingerprint density at radius 3 is 2.50 bits per heavy atom. The van der Waals surface area contributed by atoms with Crippen molar-refractivity contribution in [3.8, 4) is 0 Å². The number of halogens is 2. The molecule has 2 heterocycles. The van der Waals surface area contributed by atoms with E-state index in [0.717, 1.165) is 64.9 Å². The van der Waals surface area contributed by atoms with E-state index in [2.05, 4.69) is 25.8 Å². The lowest BCUT2D eigenvalue weighted by Gasteiger charge is -2.26. The molecule has 1 amide bonds. The number of carbonyl (C=O) groups excluding carboxylic acids is 1. The third-order valence-electron chi connectivity index (χ3n) is 5.78. The Morgan fingerprint density at radius 2 is 1.75 bits per heavy atom. The number of carbonyl (C=O) groups is 1. The van der Waals surface area contributed by atoms with Crippen LogP contribution in [-0.4, -0.2) is 47.0 Å². The Hall–Kier alpha value is -2.44. The zero-order chi connectivity index (χ0) is 22.7. The molecule has 0 atom stereocenters. The molecule has 1 aliphatic rings. The molecule has 0 saturated carbocycles. The summed E-state index contributed by atoms with van der Waals surface area (Å²) in [6, 6.07) is 15.5. The third-order valence-corrected chi connectivity index (χ3v) is 6.73. The molecule has 2 aromatic carbocycles. The Balaban J connectivity index is 1.57. The standard InChI is InChI=1S/C25H26BrClN4O/c1-17-22(16-19-8-10-20(27)11-9-19)24(29-18(2)28-17)30-12-5-13-31(15-14-30)25(32)21-6-3-4-7-23(21)26/h3-4,6-11H,5,12-16H2,1-2H3. The lowest BCUT2D eigenvalue weighted by molar-refractivity contribution is 0.0766. The van der Waals surface area contributed by atoms with Crippen LogP contribution in [0.3, 0.4) is 0 Å². The first kappa shape index (κ1) is 22.7. The lowest BCUT2D eigenvalue weighted by atomic mass is 10.0. The fourth-order valence-corrected chi connectivity index (χ4v) is 4.71. The van der Waals surface area contributed by atoms with Gasteiger partial charge in [0.05, 0.1) is 5.56 Å². The van der Waals surface area contributed by atoms with Crippen molar-refractivity contribution >= 4 is 39.3 Å². The fourth-order valence-electron chi connectivity index (χ4n) is 4.13. The van der Waals surface area contributed by atoms with Gasteiger partial charge in [0.15, 0.2) is 0 Å². The summed E-state index contributed by atoms with van der Waals surface area (Å²) in [6.07, 6.45) is 1.63. The van der Waals surface area contributed by atoms with E-state index in [1.54, 1.807) is 0 Å². The zero-order valence-corrected chi connectivity index (χ0v) is 20.7. The number of hydrogen-bond donors (Lipinski definition) is 0. The highest BCUT2D eigenvalue weighted by molar-refractivity contribution is 9.10. The van der Waals surface area contributed by atoms with Crippen LogP contribution in [0.4, 0.5) is 5.82 Å². The topological polar surface area (TPSA) is 49.3 Å². The van der Waals surface area contributed by atoms with E-state index < -0.39 is 0 Å². The number of benzene rings is 2. The summed E-state index contributed by atoms with van der Waals surface area (Å²) < 4.78 is 0.832. The maximum atomic E-state index is 13.1. The number of aromatic nitrogens is 2. The molecule has 0 aliphatic carbocycles. The molecule has 0 N–H and O–H groups in total. The molecule has 0 radical (unpaired) electrons. The molecule has 0 unspecified atom stereocenters. The summed E-state index contributed by atoms with van der Waals surface area (Å²) in [5.74, 6) is 1.80. The van der Waals surface area contributed by atoms with Crippen LogP contribution >= 0.6 is 27.5 Å². The molecule has 166 valence electrons. The first-order chi connectivity index (χ1) is 15.4. The Morgan fingerprint density at radius 1 is 1.00 bits per heavy atom. The van der Waals surface area contributed by atoms with Gasteiger partial charge in [0.25, 0.3) is 5.91 Å². The van der Waals surface area contributed by atoms with Gasteiger partial charge in [-0.1, -0.05) is 35.9 Å². The van der Waals surface area contributed by atoms with E-state index in [1.165, 1.54) is 5.56 Å². The normalized spacial score (nSPS) is 14.4. The van der Waals surface area contributed by atoms with Crippen LogP contribution in [0, 0.1) is 13.8 Å². The van der Waals surface area contributed by atoms with E-state index in [0.29, 0.717) is 12.1 Å². The predicted octanol–water partition coefficient (Wildman–Crippen LogP) is 5.45. The van der Waals surface area contributed by atoms with Crippen molar-refractivity contribution in [2.45, 2.75) is 26.7 Å². The highest BCUT2D eigenvalue weighted by Gasteiger charge is 2.24. The van der Waals surface area contributed by atoms with E-state index in [4.69, 9.17) is 16.6 Å². The summed E-state index contributed by atoms with van der Waals surface area (Å²) in [5, 5.41) is 0.730. The Labute approximate surface area is 202 Å². The lowest BCUT2D eigenvalue weighted by Crippen LogP contribution is -2.36. The van der Waals surface area contributed by atoms with Crippen molar-refractivity contribution in [1.82, 2.24) is 14.9 Å². The smallest absolute Gasteiger partial charge is 0.255 e. The van der Waals surface area contributed by atoms with Crippen molar-refractivity contribution in [3.05, 3.63) is 86.2 Å². The van der Waals surface area contributed by atoms with Gasteiger partial charge < -0.3 is 9.80 Å². The quantitative estimate of drug-likeness (QED) is 0.465. The van der Waals surface area contributed by atoms with Gasteiger partial charge in [-0.2, -0.15) is 0 Å². The van der Waals surface area contributed by atoms with Crippen molar-refractivity contribution in [1.29, 1.82) is 0 Å². The molecule has 0 bridgehead atoms. The minimum atomic E-state index is 0.0655. The van der Waals surface area contributed by atoms with Gasteiger partial charge >= 0.3 is 0 Å². The van der Waals surface area contributed by atoms with Gasteiger partial charge in [0.1, 0.15) is 11.6 Å². The van der Waals surface area contributed by atoms with Crippen LogP contribution in [0.15, 0.2) is 53.0 Å². The van der Waals surface area contributed by atoms with Gasteiger partial charge in [-0.15, -0.1) is 0 Å². The van der Waals surface area contributed by atoms with E-state index in [1.807, 2.05) is 67.3 Å². The second-order valence-electron chi connectivity index (χ2n) is 8.07. The van der Waals surface area contributed by atoms with Gasteiger partial charge in [-0.05, 0) is 66.0 Å². The van der Waals surface area contributed by atoms with Gasteiger partial charge in [-0.3, -0.25) is 4.79 Å². The minimum absolute atomic E-state index is 0.0655. The van der Waals surface area contributed by atoms with Crippen LogP contribution in [0.25, 0.3) is 0 Å². The number of rotatable bonds is 4. The summed E-state index contributed by atoms with van der Waals surface area (Å²) in [6.45, 7) is 6.95. The third kappa shape index (κ3) is 5.13. The number of amides is 1. The number of hydrogen-bond acceptors (Lipinski definition) is 4. The summed E-state index contributed by atoms with van der Waals surface area (Å²) in [7, 11) is 0. The molecule has 1 aliphatic heterocycles. The molecule has 1 aromatic heterocycles. The average Bonchev–Trinajstić information content (AvgIpc) is 3.03. The number of aryl methyl sites for hydroxylation is 2. The van der Waals surface area contributed by atoms with Gasteiger partial charge in [-0.25, -0.2) is 9.97 Å². The first-order valence-electron chi connectivity index (χ1n) is 10.8. The number of nitrogens with zero attached hydrogens (tertiary/aromatic N) is 4. The first-order valence-corrected chi connectivity index (χ1v) is 12.0. The molecule has 1 saturated heterocycles. The molecular weight excluding hydrogens is 488 g/mol. The summed E-state index contributed by atoms with van der Waals surface area (Å²) in [4.78, 5) is 26.8. The van der Waals surface area contributed by atoms with E-state index in [-0.39, 0.29) is 5.91 Å². The van der Waals surface area contributed by atoms with Crippen molar-refractivity contribution in [3.63, 3.8) is 0 Å². The second kappa shape index (κ2) is 10.0. The average molecular weight is 514 g/mol. The largest absolute Gasteiger partial charge is 0.354 e. The molecule has 4 rings (SSSR count). The van der Waals surface area contributed by atoms with E-state index in [9.17, 15) is 4.79 Å². The predicted molar refractivity (Wildman–Crippen MR) is 133 cm³/mol. The van der Waals surface area contributed by atoms with Crippen molar-refractivity contribution in [2.75, 3.05) is 31.1 Å². The fraction of sp³-hybridized carbons (Fsp3) is 0.320.